The minimum atomic E-state index is -0.661. The SMILES string of the molecule is O=C(NCCc1c[nH]c2ccc(Cl)cc12)C1(n2cnnn2)CCCCC1. The van der Waals surface area contributed by atoms with E-state index in [0.717, 1.165) is 55.0 Å². The smallest absolute Gasteiger partial charge is 0.248 e. The second-order valence-electron chi connectivity index (χ2n) is 6.86. The van der Waals surface area contributed by atoms with Gasteiger partial charge in [0.05, 0.1) is 0 Å². The van der Waals surface area contributed by atoms with Gasteiger partial charge in [0, 0.05) is 28.7 Å². The second-order valence-corrected chi connectivity index (χ2v) is 7.29. The topological polar surface area (TPSA) is 88.5 Å². The Bertz CT molecular complexity index is 898. The molecule has 1 saturated carbocycles. The van der Waals surface area contributed by atoms with Crippen LogP contribution in [-0.2, 0) is 16.8 Å². The highest BCUT2D eigenvalue weighted by Crippen LogP contribution is 2.34. The third kappa shape index (κ3) is 3.07. The van der Waals surface area contributed by atoms with Crippen molar-refractivity contribution in [2.75, 3.05) is 6.54 Å². The van der Waals surface area contributed by atoms with E-state index in [1.54, 1.807) is 11.0 Å². The number of benzene rings is 1. The van der Waals surface area contributed by atoms with Crippen molar-refractivity contribution in [3.05, 3.63) is 41.3 Å². The minimum Gasteiger partial charge on any atom is -0.361 e. The van der Waals surface area contributed by atoms with E-state index >= 15 is 0 Å². The number of nitrogens with one attached hydrogen (secondary N) is 2. The highest BCUT2D eigenvalue weighted by molar-refractivity contribution is 6.31. The zero-order valence-corrected chi connectivity index (χ0v) is 15.2. The number of fused-ring (bicyclic) bond motifs is 1. The van der Waals surface area contributed by atoms with Crippen LogP contribution in [0.5, 0.6) is 0 Å². The third-order valence-electron chi connectivity index (χ3n) is 5.30. The zero-order chi connectivity index (χ0) is 18.0. The maximum absolute atomic E-state index is 13.0. The molecule has 1 aliphatic rings. The Kier molecular flexibility index (Phi) is 4.63. The van der Waals surface area contributed by atoms with Crippen LogP contribution in [0.3, 0.4) is 0 Å². The standard InChI is InChI=1S/C18H21ClN6O/c19-14-4-5-16-15(10-14)13(11-21-16)6-9-20-17(26)18(7-2-1-3-8-18)25-12-22-23-24-25/h4-5,10-12,21H,1-3,6-9H2,(H,20,26). The quantitative estimate of drug-likeness (QED) is 0.720. The fraction of sp³-hybridized carbons (Fsp3) is 0.444. The molecule has 0 aliphatic heterocycles. The van der Waals surface area contributed by atoms with Crippen LogP contribution >= 0.6 is 11.6 Å². The number of tetrazole rings is 1. The van der Waals surface area contributed by atoms with Crippen molar-refractivity contribution in [2.24, 2.45) is 0 Å². The lowest BCUT2D eigenvalue weighted by atomic mass is 9.81. The molecule has 4 rings (SSSR count). The van der Waals surface area contributed by atoms with Crippen molar-refractivity contribution in [1.29, 1.82) is 0 Å². The number of H-pyrrole nitrogens is 1. The highest BCUT2D eigenvalue weighted by atomic mass is 35.5. The number of aromatic amines is 1. The van der Waals surface area contributed by atoms with Crippen molar-refractivity contribution in [3.8, 4) is 0 Å². The predicted molar refractivity (Wildman–Crippen MR) is 98.9 cm³/mol. The van der Waals surface area contributed by atoms with E-state index in [9.17, 15) is 4.79 Å². The molecule has 0 unspecified atom stereocenters. The van der Waals surface area contributed by atoms with Gasteiger partial charge in [-0.3, -0.25) is 4.79 Å². The summed E-state index contributed by atoms with van der Waals surface area (Å²) in [6.45, 7) is 0.558. The summed E-state index contributed by atoms with van der Waals surface area (Å²) >= 11 is 6.10. The fourth-order valence-corrected chi connectivity index (χ4v) is 4.06. The molecule has 26 heavy (non-hydrogen) atoms. The minimum absolute atomic E-state index is 0.00220. The van der Waals surface area contributed by atoms with Gasteiger partial charge in [-0.15, -0.1) is 5.10 Å². The summed E-state index contributed by atoms with van der Waals surface area (Å²) in [6.07, 6.45) is 8.96. The molecule has 2 N–H and O–H groups in total. The number of carbonyl (C=O) groups is 1. The molecule has 0 radical (unpaired) electrons. The molecule has 2 aromatic heterocycles. The Hall–Kier alpha value is -2.41. The van der Waals surface area contributed by atoms with Crippen molar-refractivity contribution >= 4 is 28.4 Å². The summed E-state index contributed by atoms with van der Waals surface area (Å²) in [5.74, 6) is 0.00220. The molecule has 1 amide bonds. The number of carbonyl (C=O) groups excluding carboxylic acids is 1. The first kappa shape index (κ1) is 17.0. The molecular weight excluding hydrogens is 352 g/mol. The molecule has 3 aromatic rings. The van der Waals surface area contributed by atoms with E-state index in [1.807, 2.05) is 24.4 Å². The van der Waals surface area contributed by atoms with E-state index in [4.69, 9.17) is 11.6 Å². The van der Waals surface area contributed by atoms with Crippen LogP contribution < -0.4 is 5.32 Å². The lowest BCUT2D eigenvalue weighted by Crippen LogP contribution is -2.50. The molecule has 1 aliphatic carbocycles. The van der Waals surface area contributed by atoms with Gasteiger partial charge in [-0.05, 0) is 53.5 Å². The molecule has 136 valence electrons. The Morgan fingerprint density at radius 2 is 2.15 bits per heavy atom. The van der Waals surface area contributed by atoms with E-state index in [0.29, 0.717) is 11.6 Å². The number of aromatic nitrogens is 5. The maximum Gasteiger partial charge on any atom is 0.248 e. The second kappa shape index (κ2) is 7.07. The van der Waals surface area contributed by atoms with Crippen LogP contribution in [0, 0.1) is 0 Å². The zero-order valence-electron chi connectivity index (χ0n) is 14.4. The monoisotopic (exact) mass is 372 g/mol. The van der Waals surface area contributed by atoms with E-state index in [-0.39, 0.29) is 5.91 Å². The normalized spacial score (nSPS) is 16.7. The molecule has 2 heterocycles. The van der Waals surface area contributed by atoms with Crippen molar-refractivity contribution in [2.45, 2.75) is 44.1 Å². The van der Waals surface area contributed by atoms with Crippen molar-refractivity contribution in [1.82, 2.24) is 30.5 Å². The first-order valence-electron chi connectivity index (χ1n) is 8.96. The van der Waals surface area contributed by atoms with Gasteiger partial charge in [0.25, 0.3) is 0 Å². The molecule has 0 saturated heterocycles. The van der Waals surface area contributed by atoms with Gasteiger partial charge < -0.3 is 10.3 Å². The molecular formula is C18H21ClN6O. The molecule has 0 spiro atoms. The van der Waals surface area contributed by atoms with E-state index in [2.05, 4.69) is 25.8 Å². The van der Waals surface area contributed by atoms with Gasteiger partial charge in [0.15, 0.2) is 0 Å². The fourth-order valence-electron chi connectivity index (χ4n) is 3.89. The largest absolute Gasteiger partial charge is 0.361 e. The van der Waals surface area contributed by atoms with Gasteiger partial charge in [0.2, 0.25) is 5.91 Å². The summed E-state index contributed by atoms with van der Waals surface area (Å²) in [6, 6.07) is 5.79. The Balaban J connectivity index is 1.46. The van der Waals surface area contributed by atoms with Crippen LogP contribution in [0.15, 0.2) is 30.7 Å². The maximum atomic E-state index is 13.0. The first-order valence-corrected chi connectivity index (χ1v) is 9.34. The van der Waals surface area contributed by atoms with Crippen LogP contribution in [0.4, 0.5) is 0 Å². The Morgan fingerprint density at radius 3 is 2.92 bits per heavy atom. The van der Waals surface area contributed by atoms with Gasteiger partial charge >= 0.3 is 0 Å². The van der Waals surface area contributed by atoms with Crippen molar-refractivity contribution in [3.63, 3.8) is 0 Å². The first-order chi connectivity index (χ1) is 12.7. The summed E-state index contributed by atoms with van der Waals surface area (Å²) in [7, 11) is 0. The highest BCUT2D eigenvalue weighted by Gasteiger charge is 2.42. The van der Waals surface area contributed by atoms with Crippen LogP contribution in [0.25, 0.3) is 10.9 Å². The van der Waals surface area contributed by atoms with Crippen LogP contribution in [0.2, 0.25) is 5.02 Å². The lowest BCUT2D eigenvalue weighted by Gasteiger charge is -2.35. The van der Waals surface area contributed by atoms with E-state index < -0.39 is 5.54 Å². The average molecular weight is 373 g/mol. The molecule has 0 atom stereocenters. The summed E-state index contributed by atoms with van der Waals surface area (Å²) < 4.78 is 1.63. The molecule has 7 nitrogen and oxygen atoms in total. The number of nitrogens with zero attached hydrogens (tertiary/aromatic N) is 4. The Labute approximate surface area is 156 Å². The van der Waals surface area contributed by atoms with Gasteiger partial charge in [-0.2, -0.15) is 0 Å². The number of hydrogen-bond donors (Lipinski definition) is 2. The molecule has 8 heteroatoms. The number of hydrogen-bond acceptors (Lipinski definition) is 4. The third-order valence-corrected chi connectivity index (χ3v) is 5.54. The van der Waals surface area contributed by atoms with Gasteiger partial charge in [0.1, 0.15) is 11.9 Å². The summed E-state index contributed by atoms with van der Waals surface area (Å²) in [5.41, 5.74) is 1.53. The van der Waals surface area contributed by atoms with E-state index in [1.165, 1.54) is 0 Å². The van der Waals surface area contributed by atoms with Gasteiger partial charge in [-0.25, -0.2) is 4.68 Å². The summed E-state index contributed by atoms with van der Waals surface area (Å²) in [5, 5.41) is 16.4. The van der Waals surface area contributed by atoms with Crippen LogP contribution in [0.1, 0.15) is 37.7 Å². The number of halogens is 1. The molecule has 1 fully saturated rings. The average Bonchev–Trinajstić information content (AvgIpc) is 3.33. The van der Waals surface area contributed by atoms with Crippen molar-refractivity contribution < 1.29 is 4.79 Å². The molecule has 1 aromatic carbocycles. The van der Waals surface area contributed by atoms with Gasteiger partial charge in [-0.1, -0.05) is 30.9 Å². The summed E-state index contributed by atoms with van der Waals surface area (Å²) in [4.78, 5) is 16.3. The van der Waals surface area contributed by atoms with Crippen LogP contribution in [-0.4, -0.2) is 37.6 Å². The Morgan fingerprint density at radius 1 is 1.31 bits per heavy atom. The number of rotatable bonds is 5. The predicted octanol–water partition coefficient (Wildman–Crippen LogP) is 2.83. The molecule has 0 bridgehead atoms. The lowest BCUT2D eigenvalue weighted by molar-refractivity contribution is -0.132. The number of amides is 1.